The molecule has 1 aromatic carbocycles. The first-order valence-corrected chi connectivity index (χ1v) is 7.39. The minimum Gasteiger partial charge on any atom is -0.355 e. The Balaban J connectivity index is 1.83. The second-order valence-electron chi connectivity index (χ2n) is 5.06. The third kappa shape index (κ3) is 2.65. The van der Waals surface area contributed by atoms with E-state index in [0.717, 1.165) is 19.5 Å². The van der Waals surface area contributed by atoms with Crippen LogP contribution in [0.5, 0.6) is 0 Å². The van der Waals surface area contributed by atoms with Crippen LogP contribution in [0.15, 0.2) is 27.8 Å². The lowest BCUT2D eigenvalue weighted by molar-refractivity contribution is 0.158. The number of hydrazone groups is 1. The van der Waals surface area contributed by atoms with Gasteiger partial charge in [-0.15, -0.1) is 0 Å². The van der Waals surface area contributed by atoms with Crippen molar-refractivity contribution in [1.82, 2.24) is 10.7 Å². The molecule has 2 aliphatic heterocycles. The van der Waals surface area contributed by atoms with Crippen molar-refractivity contribution in [2.45, 2.75) is 19.2 Å². The molecule has 2 heterocycles. The van der Waals surface area contributed by atoms with E-state index in [0.29, 0.717) is 28.3 Å². The molecule has 1 unspecified atom stereocenters. The monoisotopic (exact) mass is 342 g/mol. The zero-order chi connectivity index (χ0) is 14.1. The van der Waals surface area contributed by atoms with E-state index >= 15 is 0 Å². The molecule has 0 spiro atoms. The van der Waals surface area contributed by atoms with E-state index in [1.807, 2.05) is 0 Å². The average Bonchev–Trinajstić information content (AvgIpc) is 3.02. The van der Waals surface area contributed by atoms with E-state index in [9.17, 15) is 9.50 Å². The van der Waals surface area contributed by atoms with E-state index in [2.05, 4.69) is 31.8 Å². The number of rotatable bonds is 3. The molecule has 108 valence electrons. The topological polar surface area (TPSA) is 59.9 Å². The van der Waals surface area contributed by atoms with Crippen LogP contribution in [-0.4, -0.2) is 30.4 Å². The molecule has 1 aromatic rings. The van der Waals surface area contributed by atoms with Crippen LogP contribution in [0, 0.1) is 11.7 Å². The van der Waals surface area contributed by atoms with Crippen molar-refractivity contribution in [3.63, 3.8) is 0 Å². The molecule has 20 heavy (non-hydrogen) atoms. The fourth-order valence-corrected chi connectivity index (χ4v) is 2.96. The lowest BCUT2D eigenvalue weighted by Crippen LogP contribution is -2.41. The molecular formula is C13H16BrFN4O. The van der Waals surface area contributed by atoms with Crippen LogP contribution in [0.3, 0.4) is 0 Å². The zero-order valence-corrected chi connectivity index (χ0v) is 12.4. The van der Waals surface area contributed by atoms with Gasteiger partial charge in [0.25, 0.3) is 0 Å². The predicted octanol–water partition coefficient (Wildman–Crippen LogP) is 1.59. The van der Waals surface area contributed by atoms with Gasteiger partial charge in [0.05, 0.1) is 5.69 Å². The van der Waals surface area contributed by atoms with Gasteiger partial charge in [-0.25, -0.2) is 4.39 Å². The van der Waals surface area contributed by atoms with E-state index < -0.39 is 6.35 Å². The second kappa shape index (κ2) is 5.67. The summed E-state index contributed by atoms with van der Waals surface area (Å²) in [6, 6.07) is 4.77. The van der Waals surface area contributed by atoms with Crippen molar-refractivity contribution in [1.29, 1.82) is 0 Å². The van der Waals surface area contributed by atoms with Crippen LogP contribution in [-0.2, 0) is 0 Å². The Labute approximate surface area is 125 Å². The number of halogens is 2. The Morgan fingerprint density at radius 2 is 2.35 bits per heavy atom. The van der Waals surface area contributed by atoms with Gasteiger partial charge >= 0.3 is 0 Å². The van der Waals surface area contributed by atoms with Crippen LogP contribution in [0.4, 0.5) is 10.1 Å². The fourth-order valence-electron chi connectivity index (χ4n) is 2.62. The molecule has 0 saturated carbocycles. The van der Waals surface area contributed by atoms with Gasteiger partial charge in [0, 0.05) is 10.9 Å². The second-order valence-corrected chi connectivity index (χ2v) is 5.98. The summed E-state index contributed by atoms with van der Waals surface area (Å²) in [5, 5.41) is 17.4. The molecule has 7 heteroatoms. The van der Waals surface area contributed by atoms with E-state index in [-0.39, 0.29) is 5.82 Å². The summed E-state index contributed by atoms with van der Waals surface area (Å²) in [7, 11) is 0. The van der Waals surface area contributed by atoms with Crippen LogP contribution in [0.1, 0.15) is 12.8 Å². The van der Waals surface area contributed by atoms with Crippen molar-refractivity contribution in [3.05, 3.63) is 28.5 Å². The number of benzene rings is 1. The van der Waals surface area contributed by atoms with Gasteiger partial charge in [0.2, 0.25) is 6.35 Å². The van der Waals surface area contributed by atoms with Gasteiger partial charge in [-0.2, -0.15) is 5.10 Å². The Morgan fingerprint density at radius 1 is 1.50 bits per heavy atom. The first kappa shape index (κ1) is 13.8. The van der Waals surface area contributed by atoms with Crippen molar-refractivity contribution in [3.8, 4) is 0 Å². The van der Waals surface area contributed by atoms with Gasteiger partial charge in [-0.3, -0.25) is 10.3 Å². The van der Waals surface area contributed by atoms with E-state index in [1.54, 1.807) is 12.1 Å². The Morgan fingerprint density at radius 3 is 3.05 bits per heavy atom. The highest BCUT2D eigenvalue weighted by molar-refractivity contribution is 9.10. The molecule has 0 aromatic heterocycles. The van der Waals surface area contributed by atoms with Crippen molar-refractivity contribution in [2.24, 2.45) is 11.0 Å². The number of hydrogen-bond acceptors (Lipinski definition) is 5. The quantitative estimate of drug-likeness (QED) is 0.780. The zero-order valence-electron chi connectivity index (χ0n) is 10.8. The van der Waals surface area contributed by atoms with Crippen LogP contribution in [0.2, 0.25) is 0 Å². The maximum Gasteiger partial charge on any atom is 0.225 e. The molecule has 2 aliphatic rings. The Kier molecular flexibility index (Phi) is 3.91. The molecule has 1 saturated heterocycles. The Hall–Kier alpha value is -1.18. The minimum absolute atomic E-state index is 0.329. The summed E-state index contributed by atoms with van der Waals surface area (Å²) >= 11 is 3.23. The predicted molar refractivity (Wildman–Crippen MR) is 78.8 cm³/mol. The normalized spacial score (nSPS) is 25.8. The molecule has 0 amide bonds. The number of nitrogens with zero attached hydrogens (tertiary/aromatic N) is 2. The number of aliphatic hydroxyl groups excluding tert-OH is 1. The maximum atomic E-state index is 14.1. The fraction of sp³-hybridized carbons (Fsp3) is 0.462. The van der Waals surface area contributed by atoms with Gasteiger partial charge in [0.1, 0.15) is 11.7 Å². The van der Waals surface area contributed by atoms with E-state index in [4.69, 9.17) is 0 Å². The molecule has 0 aliphatic carbocycles. The first-order valence-electron chi connectivity index (χ1n) is 6.60. The highest BCUT2D eigenvalue weighted by Gasteiger charge is 2.31. The molecule has 0 radical (unpaired) electrons. The molecule has 3 rings (SSSR count). The molecule has 3 N–H and O–H groups in total. The van der Waals surface area contributed by atoms with Gasteiger partial charge in [-0.1, -0.05) is 15.9 Å². The lowest BCUT2D eigenvalue weighted by atomic mass is 10.0. The highest BCUT2D eigenvalue weighted by atomic mass is 79.9. The largest absolute Gasteiger partial charge is 0.355 e. The first-order chi connectivity index (χ1) is 9.65. The van der Waals surface area contributed by atoms with Crippen LogP contribution in [0.25, 0.3) is 0 Å². The molecular weight excluding hydrogens is 327 g/mol. The van der Waals surface area contributed by atoms with E-state index in [1.165, 1.54) is 11.0 Å². The van der Waals surface area contributed by atoms with Crippen molar-refractivity contribution in [2.75, 3.05) is 18.0 Å². The average molecular weight is 343 g/mol. The number of aliphatic hydroxyl groups is 1. The number of nitrogens with one attached hydrogen (secondary N) is 2. The van der Waals surface area contributed by atoms with Crippen LogP contribution < -0.4 is 15.6 Å². The minimum atomic E-state index is -1.02. The van der Waals surface area contributed by atoms with Crippen molar-refractivity contribution < 1.29 is 9.50 Å². The third-order valence-corrected chi connectivity index (χ3v) is 4.13. The highest BCUT2D eigenvalue weighted by Crippen LogP contribution is 2.28. The van der Waals surface area contributed by atoms with Gasteiger partial charge in [0.15, 0.2) is 0 Å². The van der Waals surface area contributed by atoms with Crippen molar-refractivity contribution >= 4 is 27.5 Å². The molecule has 5 nitrogen and oxygen atoms in total. The summed E-state index contributed by atoms with van der Waals surface area (Å²) in [6.07, 6.45) is 0.772. The molecule has 0 bridgehead atoms. The SMILES string of the molecule is OC1NN=C(C[C@@H]2CCNC2)N1c1ccc(Br)cc1F. The Bertz CT molecular complexity index is 533. The number of amidine groups is 1. The summed E-state index contributed by atoms with van der Waals surface area (Å²) < 4.78 is 14.8. The summed E-state index contributed by atoms with van der Waals surface area (Å²) in [4.78, 5) is 1.51. The summed E-state index contributed by atoms with van der Waals surface area (Å²) in [6.45, 7) is 1.94. The van der Waals surface area contributed by atoms with Crippen LogP contribution >= 0.6 is 15.9 Å². The number of hydrogen-bond donors (Lipinski definition) is 3. The maximum absolute atomic E-state index is 14.1. The van der Waals surface area contributed by atoms with Gasteiger partial charge in [-0.05, 0) is 43.6 Å². The standard InChI is InChI=1S/C13H16BrFN4O/c14-9-1-2-11(10(15)6-9)19-12(17-18-13(19)20)5-8-3-4-16-7-8/h1-2,6,8,13,16,18,20H,3-5,7H2/t8-,13?/m0/s1. The molecule has 1 fully saturated rings. The number of anilines is 1. The van der Waals surface area contributed by atoms with Gasteiger partial charge < -0.3 is 10.4 Å². The third-order valence-electron chi connectivity index (χ3n) is 3.63. The summed E-state index contributed by atoms with van der Waals surface area (Å²) in [5.41, 5.74) is 2.93. The molecule has 2 atom stereocenters. The lowest BCUT2D eigenvalue weighted by Gasteiger charge is -2.25. The summed E-state index contributed by atoms with van der Waals surface area (Å²) in [5.74, 6) is 0.758. The smallest absolute Gasteiger partial charge is 0.225 e.